The zero-order chi connectivity index (χ0) is 21.4. The van der Waals surface area contributed by atoms with E-state index in [9.17, 15) is 0 Å². The molecule has 0 bridgehead atoms. The molecule has 0 aliphatic heterocycles. The van der Waals surface area contributed by atoms with Gasteiger partial charge in [0.15, 0.2) is 0 Å². The van der Waals surface area contributed by atoms with Crippen LogP contribution >= 0.6 is 0 Å². The molecular formula is C19H29N9O. The average Bonchev–Trinajstić information content (AvgIpc) is 2.67. The van der Waals surface area contributed by atoms with E-state index >= 15 is 0 Å². The van der Waals surface area contributed by atoms with Crippen LogP contribution in [-0.4, -0.2) is 40.7 Å². The van der Waals surface area contributed by atoms with Crippen LogP contribution in [0.1, 0.15) is 33.4 Å². The summed E-state index contributed by atoms with van der Waals surface area (Å²) in [5, 5.41) is 18.6. The van der Waals surface area contributed by atoms with Gasteiger partial charge in [-0.15, -0.1) is 0 Å². The summed E-state index contributed by atoms with van der Waals surface area (Å²) in [6.45, 7) is 8.36. The summed E-state index contributed by atoms with van der Waals surface area (Å²) in [5.74, 6) is 5.96. The Labute approximate surface area is 170 Å². The minimum atomic E-state index is 0.135. The Bertz CT molecular complexity index is 880. The first-order valence-electron chi connectivity index (χ1n) is 9.34. The molecule has 10 nitrogen and oxygen atoms in total. The molecule has 0 saturated heterocycles. The van der Waals surface area contributed by atoms with Crippen LogP contribution in [0, 0.1) is 5.41 Å². The van der Waals surface area contributed by atoms with Gasteiger partial charge in [0.05, 0.1) is 41.5 Å². The van der Waals surface area contributed by atoms with Crippen molar-refractivity contribution in [2.24, 2.45) is 16.7 Å². The first-order chi connectivity index (χ1) is 13.9. The zero-order valence-electron chi connectivity index (χ0n) is 17.2. The lowest BCUT2D eigenvalue weighted by Gasteiger charge is -2.21. The summed E-state index contributed by atoms with van der Waals surface area (Å²) in [6, 6.07) is 5.72. The molecule has 0 aliphatic carbocycles. The number of hydrogen-bond donors (Lipinski definition) is 6. The van der Waals surface area contributed by atoms with Crippen molar-refractivity contribution in [3.8, 4) is 17.1 Å². The molecule has 2 aromatic rings. The number of hydrogen-bond acceptors (Lipinski definition) is 9. The predicted octanol–water partition coefficient (Wildman–Crippen LogP) is 1.90. The summed E-state index contributed by atoms with van der Waals surface area (Å²) < 4.78 is 5.65. The second kappa shape index (κ2) is 10.2. The van der Waals surface area contributed by atoms with Crippen LogP contribution in [-0.2, 0) is 0 Å². The van der Waals surface area contributed by atoms with E-state index in [-0.39, 0.29) is 18.4 Å². The van der Waals surface area contributed by atoms with E-state index in [0.29, 0.717) is 35.3 Å². The lowest BCUT2D eigenvalue weighted by atomic mass is 10.1. The smallest absolute Gasteiger partial charge is 0.222 e. The van der Waals surface area contributed by atoms with E-state index in [0.717, 1.165) is 11.3 Å². The Morgan fingerprint density at radius 1 is 1.38 bits per heavy atom. The van der Waals surface area contributed by atoms with Gasteiger partial charge in [-0.05, 0) is 45.9 Å². The minimum Gasteiger partial charge on any atom is -0.477 e. The normalized spacial score (nSPS) is 11.3. The number of nitrogens with one attached hydrogen (secondary N) is 4. The van der Waals surface area contributed by atoms with Gasteiger partial charge in [-0.1, -0.05) is 0 Å². The molecule has 0 aliphatic rings. The monoisotopic (exact) mass is 399 g/mol. The lowest BCUT2D eigenvalue weighted by molar-refractivity contribution is 0.328. The Morgan fingerprint density at radius 2 is 2.14 bits per heavy atom. The summed E-state index contributed by atoms with van der Waals surface area (Å²) in [5.41, 5.74) is 11.7. The van der Waals surface area contributed by atoms with Gasteiger partial charge in [-0.3, -0.25) is 0 Å². The second-order valence-electron chi connectivity index (χ2n) is 6.58. The van der Waals surface area contributed by atoms with Crippen molar-refractivity contribution in [1.29, 1.82) is 5.41 Å². The third-order valence-electron chi connectivity index (χ3n) is 3.80. The highest BCUT2D eigenvalue weighted by Gasteiger charge is 2.18. The Kier molecular flexibility index (Phi) is 7.72. The summed E-state index contributed by atoms with van der Waals surface area (Å²) in [7, 11) is 0. The molecule has 0 atom stereocenters. The molecule has 8 N–H and O–H groups in total. The number of nitrogens with zero attached hydrogens (tertiary/aromatic N) is 3. The van der Waals surface area contributed by atoms with Crippen molar-refractivity contribution in [2.45, 2.75) is 33.7 Å². The summed E-state index contributed by atoms with van der Waals surface area (Å²) in [4.78, 5) is 9.03. The molecule has 10 heteroatoms. The number of aromatic nitrogens is 2. The van der Waals surface area contributed by atoms with Crippen LogP contribution in [0.4, 0.5) is 11.4 Å². The van der Waals surface area contributed by atoms with Gasteiger partial charge in [0.25, 0.3) is 0 Å². The first-order valence-corrected chi connectivity index (χ1v) is 9.34. The number of ether oxygens (including phenoxy) is 1. The fraction of sp³-hybridized carbons (Fsp3) is 0.368. The number of hydrazine groups is 1. The Hall–Kier alpha value is -3.40. The van der Waals surface area contributed by atoms with Crippen LogP contribution in [0.3, 0.4) is 0 Å². The number of hydrazone groups is 1. The molecule has 2 aromatic heterocycles. The highest BCUT2D eigenvalue weighted by Crippen LogP contribution is 2.34. The van der Waals surface area contributed by atoms with Crippen LogP contribution in [0.5, 0.6) is 5.88 Å². The largest absolute Gasteiger partial charge is 0.477 e. The molecule has 0 aromatic carbocycles. The van der Waals surface area contributed by atoms with Gasteiger partial charge < -0.3 is 26.5 Å². The van der Waals surface area contributed by atoms with E-state index in [1.54, 1.807) is 13.1 Å². The number of amidine groups is 1. The van der Waals surface area contributed by atoms with Crippen molar-refractivity contribution in [3.05, 3.63) is 30.1 Å². The summed E-state index contributed by atoms with van der Waals surface area (Å²) in [6.07, 6.45) is 1.67. The van der Waals surface area contributed by atoms with Gasteiger partial charge in [-0.2, -0.15) is 5.10 Å². The van der Waals surface area contributed by atoms with Crippen LogP contribution < -0.4 is 32.5 Å². The molecule has 0 amide bonds. The fourth-order valence-corrected chi connectivity index (χ4v) is 2.67. The number of pyridine rings is 2. The van der Waals surface area contributed by atoms with Gasteiger partial charge in [-0.25, -0.2) is 21.3 Å². The predicted molar refractivity (Wildman–Crippen MR) is 117 cm³/mol. The molecule has 0 radical (unpaired) electrons. The van der Waals surface area contributed by atoms with E-state index in [1.807, 2.05) is 39.0 Å². The Balaban J connectivity index is 2.62. The van der Waals surface area contributed by atoms with E-state index in [4.69, 9.17) is 26.7 Å². The highest BCUT2D eigenvalue weighted by atomic mass is 16.5. The molecule has 0 fully saturated rings. The zero-order valence-corrected chi connectivity index (χ0v) is 17.2. The van der Waals surface area contributed by atoms with Gasteiger partial charge in [0.1, 0.15) is 11.5 Å². The number of anilines is 2. The molecule has 29 heavy (non-hydrogen) atoms. The highest BCUT2D eigenvalue weighted by molar-refractivity contribution is 6.03. The standard InChI is InChI=1S/C19H29N9O/c1-5-29-19-13(7-6-8-23-19)14-9-15(24-10-16(21)27-28-22)18(25-11(2)3)17(26-14)12(4)20/h6-9,11,20,25,28H,5,10,22H2,1-4H3,(H2,21,27)(H,24,26). The third kappa shape index (κ3) is 5.79. The molecule has 156 valence electrons. The maximum atomic E-state index is 8.24. The van der Waals surface area contributed by atoms with Gasteiger partial charge in [0.2, 0.25) is 5.88 Å². The molecule has 0 unspecified atom stereocenters. The SMILES string of the molecule is CCOc1ncccc1-c1cc(NC/C(N)=N/NN)c(NC(C)C)c(C(C)=N)n1. The summed E-state index contributed by atoms with van der Waals surface area (Å²) >= 11 is 0. The molecule has 2 heterocycles. The number of rotatable bonds is 10. The maximum Gasteiger partial charge on any atom is 0.222 e. The van der Waals surface area contributed by atoms with Crippen molar-refractivity contribution in [1.82, 2.24) is 15.5 Å². The van der Waals surface area contributed by atoms with Gasteiger partial charge >= 0.3 is 0 Å². The quantitative estimate of drug-likeness (QED) is 0.153. The minimum absolute atomic E-state index is 0.135. The Morgan fingerprint density at radius 3 is 2.76 bits per heavy atom. The average molecular weight is 400 g/mol. The van der Waals surface area contributed by atoms with Crippen molar-refractivity contribution >= 4 is 22.9 Å². The fourth-order valence-electron chi connectivity index (χ4n) is 2.67. The third-order valence-corrected chi connectivity index (χ3v) is 3.80. The van der Waals surface area contributed by atoms with Crippen LogP contribution in [0.2, 0.25) is 0 Å². The van der Waals surface area contributed by atoms with Crippen LogP contribution in [0.25, 0.3) is 11.3 Å². The van der Waals surface area contributed by atoms with E-state index in [1.165, 1.54) is 0 Å². The maximum absolute atomic E-state index is 8.24. The molecule has 0 spiro atoms. The molecular weight excluding hydrogens is 370 g/mol. The van der Waals surface area contributed by atoms with Gasteiger partial charge in [0, 0.05) is 12.2 Å². The van der Waals surface area contributed by atoms with Crippen molar-refractivity contribution in [2.75, 3.05) is 23.8 Å². The second-order valence-corrected chi connectivity index (χ2v) is 6.58. The van der Waals surface area contributed by atoms with E-state index < -0.39 is 0 Å². The molecule has 2 rings (SSSR count). The topological polar surface area (TPSA) is 159 Å². The molecule has 0 saturated carbocycles. The van der Waals surface area contributed by atoms with Crippen molar-refractivity contribution < 1.29 is 4.74 Å². The van der Waals surface area contributed by atoms with Crippen LogP contribution in [0.15, 0.2) is 29.5 Å². The lowest BCUT2D eigenvalue weighted by Crippen LogP contribution is -2.28. The number of nitrogens with two attached hydrogens (primary N) is 2. The van der Waals surface area contributed by atoms with E-state index in [2.05, 4.69) is 26.3 Å². The van der Waals surface area contributed by atoms with Crippen molar-refractivity contribution in [3.63, 3.8) is 0 Å². The first kappa shape index (κ1) is 21.9.